The first kappa shape index (κ1) is 12.7. The second-order valence-corrected chi connectivity index (χ2v) is 4.07. The molecule has 1 aliphatic rings. The van der Waals surface area contributed by atoms with Gasteiger partial charge in [0.15, 0.2) is 0 Å². The molecule has 0 aromatic carbocycles. The molecule has 13 heavy (non-hydrogen) atoms. The second kappa shape index (κ2) is 4.82. The minimum atomic E-state index is -0.684. The summed E-state index contributed by atoms with van der Waals surface area (Å²) in [5.74, 6) is -0.403. The van der Waals surface area contributed by atoms with Gasteiger partial charge < -0.3 is 10.4 Å². The molecule has 0 aliphatic carbocycles. The Morgan fingerprint density at radius 1 is 1.54 bits per heavy atom. The van der Waals surface area contributed by atoms with E-state index in [0.29, 0.717) is 0 Å². The van der Waals surface area contributed by atoms with Crippen LogP contribution in [0.3, 0.4) is 0 Å². The number of halogens is 1. The Balaban J connectivity index is 0.00000144. The Morgan fingerprint density at radius 2 is 2.15 bits per heavy atom. The Labute approximate surface area is 85.3 Å². The highest BCUT2D eigenvalue weighted by atomic mass is 35.5. The Morgan fingerprint density at radius 3 is 2.54 bits per heavy atom. The highest BCUT2D eigenvalue weighted by molar-refractivity contribution is 5.85. The van der Waals surface area contributed by atoms with Crippen LogP contribution in [-0.2, 0) is 4.79 Å². The largest absolute Gasteiger partial charge is 0.481 e. The van der Waals surface area contributed by atoms with Gasteiger partial charge in [-0.25, -0.2) is 0 Å². The fraction of sp³-hybridized carbons (Fsp3) is 0.889. The highest BCUT2D eigenvalue weighted by Gasteiger charge is 2.36. The van der Waals surface area contributed by atoms with Gasteiger partial charge >= 0.3 is 5.97 Å². The van der Waals surface area contributed by atoms with Crippen molar-refractivity contribution in [1.29, 1.82) is 0 Å². The SMILES string of the molecule is CC(C)(C(=O)O)C1CCCNC1.Cl. The van der Waals surface area contributed by atoms with E-state index in [1.807, 2.05) is 13.8 Å². The van der Waals surface area contributed by atoms with Gasteiger partial charge in [-0.1, -0.05) is 0 Å². The molecule has 1 unspecified atom stereocenters. The molecule has 0 spiro atoms. The summed E-state index contributed by atoms with van der Waals surface area (Å²) in [4.78, 5) is 10.9. The van der Waals surface area contributed by atoms with Crippen LogP contribution in [0.2, 0.25) is 0 Å². The number of rotatable bonds is 2. The molecule has 0 aromatic rings. The molecule has 0 saturated carbocycles. The quantitative estimate of drug-likeness (QED) is 0.722. The minimum Gasteiger partial charge on any atom is -0.481 e. The maximum Gasteiger partial charge on any atom is 0.309 e. The van der Waals surface area contributed by atoms with Crippen LogP contribution in [0.5, 0.6) is 0 Å². The number of aliphatic carboxylic acids is 1. The summed E-state index contributed by atoms with van der Waals surface area (Å²) >= 11 is 0. The van der Waals surface area contributed by atoms with Crippen molar-refractivity contribution in [2.75, 3.05) is 13.1 Å². The number of piperidine rings is 1. The number of carboxylic acids is 1. The van der Waals surface area contributed by atoms with Gasteiger partial charge in [-0.3, -0.25) is 4.79 Å². The average Bonchev–Trinajstić information content (AvgIpc) is 2.06. The number of hydrogen-bond acceptors (Lipinski definition) is 2. The lowest BCUT2D eigenvalue weighted by atomic mass is 9.75. The molecule has 4 heteroatoms. The van der Waals surface area contributed by atoms with Crippen molar-refractivity contribution in [3.05, 3.63) is 0 Å². The van der Waals surface area contributed by atoms with Crippen molar-refractivity contribution in [2.24, 2.45) is 11.3 Å². The molecule has 0 aromatic heterocycles. The molecule has 1 heterocycles. The predicted molar refractivity (Wildman–Crippen MR) is 54.3 cm³/mol. The Kier molecular flexibility index (Phi) is 4.71. The van der Waals surface area contributed by atoms with E-state index in [2.05, 4.69) is 5.32 Å². The smallest absolute Gasteiger partial charge is 0.309 e. The topological polar surface area (TPSA) is 49.3 Å². The van der Waals surface area contributed by atoms with Crippen LogP contribution < -0.4 is 5.32 Å². The highest BCUT2D eigenvalue weighted by Crippen LogP contribution is 2.31. The van der Waals surface area contributed by atoms with E-state index in [1.54, 1.807) is 0 Å². The first-order valence-corrected chi connectivity index (χ1v) is 4.49. The van der Waals surface area contributed by atoms with Gasteiger partial charge in [0, 0.05) is 0 Å². The van der Waals surface area contributed by atoms with Gasteiger partial charge in [0.2, 0.25) is 0 Å². The molecule has 0 bridgehead atoms. The molecular weight excluding hydrogens is 190 g/mol. The van der Waals surface area contributed by atoms with Crippen molar-refractivity contribution >= 4 is 18.4 Å². The standard InChI is InChI=1S/C9H17NO2.ClH/c1-9(2,8(11)12)7-4-3-5-10-6-7;/h7,10H,3-6H2,1-2H3,(H,11,12);1H. The van der Waals surface area contributed by atoms with Crippen LogP contribution in [0.15, 0.2) is 0 Å². The number of carboxylic acid groups (broad SMARTS) is 1. The van der Waals surface area contributed by atoms with Crippen molar-refractivity contribution in [3.63, 3.8) is 0 Å². The molecule has 0 amide bonds. The first-order valence-electron chi connectivity index (χ1n) is 4.49. The summed E-state index contributed by atoms with van der Waals surface area (Å²) in [6.07, 6.45) is 2.13. The summed E-state index contributed by atoms with van der Waals surface area (Å²) in [5, 5.41) is 12.2. The summed E-state index contributed by atoms with van der Waals surface area (Å²) in [7, 11) is 0. The van der Waals surface area contributed by atoms with Crippen LogP contribution in [0.25, 0.3) is 0 Å². The van der Waals surface area contributed by atoms with Gasteiger partial charge in [-0.2, -0.15) is 0 Å². The fourth-order valence-electron chi connectivity index (χ4n) is 1.64. The van der Waals surface area contributed by atoms with Crippen molar-refractivity contribution in [1.82, 2.24) is 5.32 Å². The van der Waals surface area contributed by atoms with E-state index in [9.17, 15) is 4.79 Å². The fourth-order valence-corrected chi connectivity index (χ4v) is 1.64. The molecule has 2 N–H and O–H groups in total. The third-order valence-corrected chi connectivity index (χ3v) is 2.87. The van der Waals surface area contributed by atoms with E-state index in [4.69, 9.17) is 5.11 Å². The number of carbonyl (C=O) groups is 1. The van der Waals surface area contributed by atoms with Gasteiger partial charge in [0.1, 0.15) is 0 Å². The van der Waals surface area contributed by atoms with Crippen molar-refractivity contribution < 1.29 is 9.90 Å². The van der Waals surface area contributed by atoms with E-state index in [1.165, 1.54) is 0 Å². The normalized spacial score (nSPS) is 23.4. The zero-order chi connectivity index (χ0) is 9.19. The molecule has 0 radical (unpaired) electrons. The average molecular weight is 208 g/mol. The third kappa shape index (κ3) is 2.85. The molecule has 1 saturated heterocycles. The summed E-state index contributed by atoms with van der Waals surface area (Å²) < 4.78 is 0. The Hall–Kier alpha value is -0.280. The molecule has 3 nitrogen and oxygen atoms in total. The molecule has 1 fully saturated rings. The second-order valence-electron chi connectivity index (χ2n) is 4.07. The van der Waals surface area contributed by atoms with Gasteiger partial charge in [0.25, 0.3) is 0 Å². The molecule has 1 aliphatic heterocycles. The molecule has 78 valence electrons. The molecular formula is C9H18ClNO2. The van der Waals surface area contributed by atoms with Crippen molar-refractivity contribution in [2.45, 2.75) is 26.7 Å². The van der Waals surface area contributed by atoms with Crippen LogP contribution in [-0.4, -0.2) is 24.2 Å². The molecule has 1 atom stereocenters. The zero-order valence-electron chi connectivity index (χ0n) is 8.17. The van der Waals surface area contributed by atoms with E-state index < -0.39 is 11.4 Å². The van der Waals surface area contributed by atoms with Crippen LogP contribution >= 0.6 is 12.4 Å². The van der Waals surface area contributed by atoms with E-state index in [0.717, 1.165) is 25.9 Å². The maximum atomic E-state index is 10.9. The molecule has 1 rings (SSSR count). The Bertz CT molecular complexity index is 176. The van der Waals surface area contributed by atoms with Gasteiger partial charge in [0.05, 0.1) is 5.41 Å². The summed E-state index contributed by atoms with van der Waals surface area (Å²) in [6, 6.07) is 0. The lowest BCUT2D eigenvalue weighted by Crippen LogP contribution is -2.42. The van der Waals surface area contributed by atoms with Crippen LogP contribution in [0.1, 0.15) is 26.7 Å². The van der Waals surface area contributed by atoms with E-state index in [-0.39, 0.29) is 18.3 Å². The van der Waals surface area contributed by atoms with Gasteiger partial charge in [-0.05, 0) is 45.7 Å². The van der Waals surface area contributed by atoms with Crippen LogP contribution in [0, 0.1) is 11.3 Å². The number of hydrogen-bond donors (Lipinski definition) is 2. The lowest BCUT2D eigenvalue weighted by Gasteiger charge is -2.33. The van der Waals surface area contributed by atoms with E-state index >= 15 is 0 Å². The first-order chi connectivity index (χ1) is 5.55. The van der Waals surface area contributed by atoms with Crippen LogP contribution in [0.4, 0.5) is 0 Å². The predicted octanol–water partition coefficient (Wildman–Crippen LogP) is 1.52. The van der Waals surface area contributed by atoms with Crippen molar-refractivity contribution in [3.8, 4) is 0 Å². The third-order valence-electron chi connectivity index (χ3n) is 2.87. The number of nitrogens with one attached hydrogen (secondary N) is 1. The maximum absolute atomic E-state index is 10.9. The minimum absolute atomic E-state index is 0. The summed E-state index contributed by atoms with van der Waals surface area (Å²) in [6.45, 7) is 5.51. The lowest BCUT2D eigenvalue weighted by molar-refractivity contribution is -0.150. The summed E-state index contributed by atoms with van der Waals surface area (Å²) in [5.41, 5.74) is -0.576. The zero-order valence-corrected chi connectivity index (χ0v) is 8.99. The van der Waals surface area contributed by atoms with Gasteiger partial charge in [-0.15, -0.1) is 12.4 Å². The monoisotopic (exact) mass is 207 g/mol.